The van der Waals surface area contributed by atoms with Crippen molar-refractivity contribution < 1.29 is 9.53 Å². The normalized spacial score (nSPS) is 14.5. The smallest absolute Gasteiger partial charge is 0.262 e. The molecule has 0 unspecified atom stereocenters. The van der Waals surface area contributed by atoms with Crippen LogP contribution in [0.4, 0.5) is 0 Å². The number of rotatable bonds is 6. The number of ether oxygens (including phenoxy) is 1. The maximum absolute atomic E-state index is 12.4. The summed E-state index contributed by atoms with van der Waals surface area (Å²) in [6.07, 6.45) is 5.71. The third-order valence-electron chi connectivity index (χ3n) is 4.67. The third kappa shape index (κ3) is 5.28. The second-order valence-corrected chi connectivity index (χ2v) is 7.53. The molecule has 0 heterocycles. The first-order valence-corrected chi connectivity index (χ1v) is 9.91. The number of hydrogen-bond acceptors (Lipinski definition) is 3. The zero-order valence-electron chi connectivity index (χ0n) is 15.3. The van der Waals surface area contributed by atoms with Crippen LogP contribution in [0.1, 0.15) is 36.8 Å². The second kappa shape index (κ2) is 9.64. The summed E-state index contributed by atoms with van der Waals surface area (Å²) in [5.41, 5.74) is 1.52. The van der Waals surface area contributed by atoms with E-state index >= 15 is 0 Å². The quantitative estimate of drug-likeness (QED) is 0.498. The number of hydrogen-bond donors (Lipinski definition) is 1. The first-order chi connectivity index (χ1) is 13.6. The van der Waals surface area contributed by atoms with E-state index in [4.69, 9.17) is 27.9 Å². The van der Waals surface area contributed by atoms with Crippen molar-refractivity contribution in [2.75, 3.05) is 0 Å². The number of benzene rings is 2. The first kappa shape index (κ1) is 20.3. The molecule has 0 aromatic heterocycles. The predicted octanol–water partition coefficient (Wildman–Crippen LogP) is 5.54. The van der Waals surface area contributed by atoms with Crippen LogP contribution in [0.3, 0.4) is 0 Å². The van der Waals surface area contributed by atoms with Crippen LogP contribution in [-0.2, 0) is 11.4 Å². The minimum atomic E-state index is -0.343. The van der Waals surface area contributed by atoms with E-state index in [-0.39, 0.29) is 24.1 Å². The van der Waals surface area contributed by atoms with E-state index in [1.165, 1.54) is 0 Å². The van der Waals surface area contributed by atoms with Gasteiger partial charge in [0.15, 0.2) is 0 Å². The number of nitrogens with one attached hydrogen (secondary N) is 1. The van der Waals surface area contributed by atoms with Crippen LogP contribution < -0.4 is 10.1 Å². The second-order valence-electron chi connectivity index (χ2n) is 6.69. The van der Waals surface area contributed by atoms with Crippen LogP contribution in [0.2, 0.25) is 10.0 Å². The minimum Gasteiger partial charge on any atom is -0.488 e. The van der Waals surface area contributed by atoms with Gasteiger partial charge in [0.25, 0.3) is 5.91 Å². The van der Waals surface area contributed by atoms with E-state index in [0.29, 0.717) is 21.4 Å². The first-order valence-electron chi connectivity index (χ1n) is 9.15. The van der Waals surface area contributed by atoms with Crippen LogP contribution >= 0.6 is 23.2 Å². The molecule has 1 N–H and O–H groups in total. The van der Waals surface area contributed by atoms with Gasteiger partial charge in [0.05, 0.1) is 0 Å². The molecule has 144 valence electrons. The van der Waals surface area contributed by atoms with E-state index in [1.54, 1.807) is 36.4 Å². The Kier molecular flexibility index (Phi) is 6.97. The molecule has 3 rings (SSSR count). The van der Waals surface area contributed by atoms with Gasteiger partial charge in [-0.3, -0.25) is 4.79 Å². The van der Waals surface area contributed by atoms with Crippen molar-refractivity contribution in [2.45, 2.75) is 38.3 Å². The molecule has 0 atom stereocenters. The Morgan fingerprint density at radius 2 is 1.96 bits per heavy atom. The molecule has 1 aliphatic carbocycles. The maximum atomic E-state index is 12.4. The summed E-state index contributed by atoms with van der Waals surface area (Å²) in [5, 5.41) is 13.5. The van der Waals surface area contributed by atoms with E-state index in [0.717, 1.165) is 31.2 Å². The zero-order valence-corrected chi connectivity index (χ0v) is 16.8. The lowest BCUT2D eigenvalue weighted by Gasteiger charge is -2.12. The van der Waals surface area contributed by atoms with Crippen molar-refractivity contribution in [1.29, 1.82) is 5.26 Å². The average molecular weight is 415 g/mol. The van der Waals surface area contributed by atoms with Gasteiger partial charge in [-0.25, -0.2) is 0 Å². The Labute approximate surface area is 174 Å². The Hall–Kier alpha value is -2.48. The van der Waals surface area contributed by atoms with Crippen LogP contribution in [0.5, 0.6) is 5.75 Å². The van der Waals surface area contributed by atoms with Crippen LogP contribution in [0.25, 0.3) is 6.08 Å². The van der Waals surface area contributed by atoms with Gasteiger partial charge in [-0.1, -0.05) is 60.3 Å². The van der Waals surface area contributed by atoms with Gasteiger partial charge >= 0.3 is 0 Å². The van der Waals surface area contributed by atoms with Crippen molar-refractivity contribution in [3.05, 3.63) is 69.2 Å². The van der Waals surface area contributed by atoms with Gasteiger partial charge in [-0.2, -0.15) is 5.26 Å². The topological polar surface area (TPSA) is 62.1 Å². The molecule has 2 aromatic carbocycles. The van der Waals surface area contributed by atoms with Gasteiger partial charge in [0.1, 0.15) is 24.0 Å². The highest BCUT2D eigenvalue weighted by atomic mass is 35.5. The molecule has 28 heavy (non-hydrogen) atoms. The summed E-state index contributed by atoms with van der Waals surface area (Å²) < 4.78 is 5.89. The highest BCUT2D eigenvalue weighted by Crippen LogP contribution is 2.26. The van der Waals surface area contributed by atoms with Crippen LogP contribution in [0.15, 0.2) is 48.0 Å². The zero-order chi connectivity index (χ0) is 19.9. The summed E-state index contributed by atoms with van der Waals surface area (Å²) in [5.74, 6) is 0.222. The number of halogens is 2. The van der Waals surface area contributed by atoms with E-state index < -0.39 is 0 Å². The largest absolute Gasteiger partial charge is 0.488 e. The van der Waals surface area contributed by atoms with Crippen molar-refractivity contribution >= 4 is 35.2 Å². The Bertz CT molecular complexity index is 928. The van der Waals surface area contributed by atoms with Gasteiger partial charge in [-0.15, -0.1) is 0 Å². The van der Waals surface area contributed by atoms with Crippen molar-refractivity contribution in [2.24, 2.45) is 0 Å². The fourth-order valence-corrected chi connectivity index (χ4v) is 3.63. The summed E-state index contributed by atoms with van der Waals surface area (Å²) in [6.45, 7) is 0.247. The van der Waals surface area contributed by atoms with Crippen molar-refractivity contribution in [3.8, 4) is 11.8 Å². The molecule has 0 saturated heterocycles. The van der Waals surface area contributed by atoms with E-state index in [1.807, 2.05) is 18.2 Å². The molecule has 0 spiro atoms. The highest BCUT2D eigenvalue weighted by Gasteiger charge is 2.19. The third-order valence-corrected chi connectivity index (χ3v) is 5.26. The lowest BCUT2D eigenvalue weighted by atomic mass is 10.1. The molecule has 0 radical (unpaired) electrons. The number of carbonyl (C=O) groups excluding carboxylic acids is 1. The summed E-state index contributed by atoms with van der Waals surface area (Å²) in [4.78, 5) is 12.4. The average Bonchev–Trinajstić information content (AvgIpc) is 3.19. The lowest BCUT2D eigenvalue weighted by molar-refractivity contribution is -0.117. The number of amides is 1. The highest BCUT2D eigenvalue weighted by molar-refractivity contribution is 6.35. The Morgan fingerprint density at radius 3 is 2.68 bits per heavy atom. The maximum Gasteiger partial charge on any atom is 0.262 e. The molecular weight excluding hydrogens is 395 g/mol. The number of para-hydroxylation sites is 1. The predicted molar refractivity (Wildman–Crippen MR) is 111 cm³/mol. The Morgan fingerprint density at radius 1 is 1.21 bits per heavy atom. The molecule has 1 saturated carbocycles. The van der Waals surface area contributed by atoms with E-state index in [9.17, 15) is 10.1 Å². The molecule has 1 amide bonds. The molecule has 6 heteroatoms. The molecule has 2 aromatic rings. The molecule has 0 aliphatic heterocycles. The standard InChI is InChI=1S/C22H20Cl2N2O2/c23-18-10-9-16(20(24)12-18)14-28-21-8-4-1-5-15(21)11-17(13-25)22(27)26-19-6-2-3-7-19/h1,4-5,8-12,19H,2-3,6-7,14H2,(H,26,27)/b17-11-. The van der Waals surface area contributed by atoms with Gasteiger partial charge in [0, 0.05) is 27.2 Å². The summed E-state index contributed by atoms with van der Waals surface area (Å²) in [7, 11) is 0. The van der Waals surface area contributed by atoms with Crippen molar-refractivity contribution in [3.63, 3.8) is 0 Å². The van der Waals surface area contributed by atoms with Crippen molar-refractivity contribution in [1.82, 2.24) is 5.32 Å². The molecule has 0 bridgehead atoms. The Balaban J connectivity index is 1.75. The lowest BCUT2D eigenvalue weighted by Crippen LogP contribution is -2.33. The van der Waals surface area contributed by atoms with Gasteiger partial charge in [0.2, 0.25) is 0 Å². The number of nitriles is 1. The summed E-state index contributed by atoms with van der Waals surface area (Å²) >= 11 is 12.1. The van der Waals surface area contributed by atoms with Crippen LogP contribution in [0, 0.1) is 11.3 Å². The fraction of sp³-hybridized carbons (Fsp3) is 0.273. The number of carbonyl (C=O) groups is 1. The molecule has 1 fully saturated rings. The van der Waals surface area contributed by atoms with Gasteiger partial charge < -0.3 is 10.1 Å². The van der Waals surface area contributed by atoms with Crippen LogP contribution in [-0.4, -0.2) is 11.9 Å². The molecule has 1 aliphatic rings. The van der Waals surface area contributed by atoms with E-state index in [2.05, 4.69) is 5.32 Å². The SMILES string of the molecule is N#C/C(=C/c1ccccc1OCc1ccc(Cl)cc1Cl)C(=O)NC1CCCC1. The molecule has 4 nitrogen and oxygen atoms in total. The number of nitrogens with zero attached hydrogens (tertiary/aromatic N) is 1. The fourth-order valence-electron chi connectivity index (χ4n) is 3.16. The monoisotopic (exact) mass is 414 g/mol. The minimum absolute atomic E-state index is 0.0625. The summed E-state index contributed by atoms with van der Waals surface area (Å²) in [6, 6.07) is 14.6. The van der Waals surface area contributed by atoms with Gasteiger partial charge in [-0.05, 0) is 37.1 Å². The molecular formula is C22H20Cl2N2O2.